The minimum absolute atomic E-state index is 0.160. The molecule has 0 spiro atoms. The Balaban J connectivity index is 2.18. The van der Waals surface area contributed by atoms with E-state index < -0.39 is 17.8 Å². The summed E-state index contributed by atoms with van der Waals surface area (Å²) in [6, 6.07) is 6.71. The first kappa shape index (κ1) is 15.8. The molecular formula is C16H18N2O4. The van der Waals surface area contributed by atoms with Crippen molar-refractivity contribution in [2.24, 2.45) is 17.6 Å². The van der Waals surface area contributed by atoms with Gasteiger partial charge in [-0.1, -0.05) is 13.0 Å². The van der Waals surface area contributed by atoms with Gasteiger partial charge >= 0.3 is 5.97 Å². The smallest absolute Gasteiger partial charge is 0.316 e. The van der Waals surface area contributed by atoms with Crippen molar-refractivity contribution in [3.8, 4) is 0 Å². The molecule has 3 N–H and O–H groups in total. The Hall–Kier alpha value is -2.63. The number of nitrogens with one attached hydrogen (secondary N) is 1. The van der Waals surface area contributed by atoms with Crippen LogP contribution in [0.25, 0.3) is 0 Å². The first-order valence-electron chi connectivity index (χ1n) is 6.91. The number of ketones is 1. The largest absolute Gasteiger partial charge is 0.468 e. The molecule has 6 heteroatoms. The van der Waals surface area contributed by atoms with Crippen LogP contribution in [0.3, 0.4) is 0 Å². The van der Waals surface area contributed by atoms with Crippen LogP contribution in [0.15, 0.2) is 36.0 Å². The highest BCUT2D eigenvalue weighted by atomic mass is 16.5. The number of rotatable bonds is 4. The summed E-state index contributed by atoms with van der Waals surface area (Å²) in [5, 5.41) is 3.09. The molecule has 0 fully saturated rings. The average molecular weight is 302 g/mol. The van der Waals surface area contributed by atoms with Crippen LogP contribution in [0.2, 0.25) is 0 Å². The zero-order valence-electron chi connectivity index (χ0n) is 12.5. The molecule has 0 bridgehead atoms. The molecule has 0 aliphatic heterocycles. The fourth-order valence-corrected chi connectivity index (χ4v) is 2.56. The van der Waals surface area contributed by atoms with Gasteiger partial charge in [-0.3, -0.25) is 14.4 Å². The maximum absolute atomic E-state index is 12.1. The van der Waals surface area contributed by atoms with E-state index in [1.165, 1.54) is 13.2 Å². The molecule has 0 aromatic heterocycles. The molecule has 1 aromatic carbocycles. The Labute approximate surface area is 128 Å². The molecule has 0 saturated carbocycles. The topological polar surface area (TPSA) is 98.5 Å². The number of anilines is 1. The van der Waals surface area contributed by atoms with Gasteiger partial charge in [-0.05, 0) is 30.5 Å². The van der Waals surface area contributed by atoms with Gasteiger partial charge < -0.3 is 15.8 Å². The molecule has 0 radical (unpaired) electrons. The summed E-state index contributed by atoms with van der Waals surface area (Å²) in [6.07, 6.45) is 1.95. The molecule has 2 rings (SSSR count). The van der Waals surface area contributed by atoms with E-state index in [1.807, 2.05) is 6.92 Å². The predicted octanol–water partition coefficient (Wildman–Crippen LogP) is 1.48. The second-order valence-electron chi connectivity index (χ2n) is 5.32. The fraction of sp³-hybridized carbons (Fsp3) is 0.312. The predicted molar refractivity (Wildman–Crippen MR) is 81.0 cm³/mol. The molecule has 1 aliphatic carbocycles. The van der Waals surface area contributed by atoms with Crippen molar-refractivity contribution in [2.45, 2.75) is 13.3 Å². The fourth-order valence-electron chi connectivity index (χ4n) is 2.56. The van der Waals surface area contributed by atoms with Crippen LogP contribution in [0.5, 0.6) is 0 Å². The Kier molecular flexibility index (Phi) is 4.60. The number of allylic oxidation sites excluding steroid dienone is 2. The Morgan fingerprint density at radius 1 is 1.36 bits per heavy atom. The van der Waals surface area contributed by atoms with Crippen LogP contribution in [-0.2, 0) is 14.3 Å². The van der Waals surface area contributed by atoms with Crippen LogP contribution >= 0.6 is 0 Å². The maximum atomic E-state index is 12.1. The number of carbonyl (C=O) groups excluding carboxylic acids is 3. The minimum atomic E-state index is -0.757. The van der Waals surface area contributed by atoms with Gasteiger partial charge in [-0.15, -0.1) is 0 Å². The number of methoxy groups -OCH3 is 1. The third-order valence-electron chi connectivity index (χ3n) is 3.64. The number of hydrogen-bond acceptors (Lipinski definition) is 5. The molecule has 6 nitrogen and oxygen atoms in total. The number of carbonyl (C=O) groups is 3. The first-order chi connectivity index (χ1) is 10.4. The highest BCUT2D eigenvalue weighted by molar-refractivity contribution is 6.06. The number of ether oxygens (including phenoxy) is 1. The van der Waals surface area contributed by atoms with Gasteiger partial charge in [-0.2, -0.15) is 0 Å². The van der Waals surface area contributed by atoms with E-state index in [1.54, 1.807) is 24.3 Å². The van der Waals surface area contributed by atoms with E-state index in [2.05, 4.69) is 10.1 Å². The number of primary amides is 1. The second-order valence-corrected chi connectivity index (χ2v) is 5.32. The van der Waals surface area contributed by atoms with Crippen LogP contribution in [-0.4, -0.2) is 24.8 Å². The monoisotopic (exact) mass is 302 g/mol. The number of hydrogen-bond donors (Lipinski definition) is 2. The number of nitrogens with two attached hydrogens (primary N) is 1. The highest BCUT2D eigenvalue weighted by Gasteiger charge is 2.35. The first-order valence-corrected chi connectivity index (χ1v) is 6.91. The molecule has 1 amide bonds. The Morgan fingerprint density at radius 2 is 2.09 bits per heavy atom. The lowest BCUT2D eigenvalue weighted by Crippen LogP contribution is -2.34. The average Bonchev–Trinajstić information content (AvgIpc) is 2.46. The summed E-state index contributed by atoms with van der Waals surface area (Å²) in [5.74, 6) is -2.22. The molecule has 0 unspecified atom stereocenters. The number of amides is 1. The lowest BCUT2D eigenvalue weighted by atomic mass is 9.82. The highest BCUT2D eigenvalue weighted by Crippen LogP contribution is 2.29. The SMILES string of the molecule is COC(=O)[C@@H]1C(=O)C=C(Nc2cccc(C(N)=O)c2)C[C@H]1C. The molecule has 2 atom stereocenters. The molecule has 0 heterocycles. The third kappa shape index (κ3) is 3.33. The zero-order chi connectivity index (χ0) is 16.3. The van der Waals surface area contributed by atoms with Gasteiger partial charge in [-0.25, -0.2) is 0 Å². The Bertz CT molecular complexity index is 651. The lowest BCUT2D eigenvalue weighted by Gasteiger charge is -2.26. The lowest BCUT2D eigenvalue weighted by molar-refractivity contribution is -0.150. The van der Waals surface area contributed by atoms with Gasteiger partial charge in [0.25, 0.3) is 0 Å². The number of benzene rings is 1. The Morgan fingerprint density at radius 3 is 2.68 bits per heavy atom. The van der Waals surface area contributed by atoms with Gasteiger partial charge in [0, 0.05) is 23.0 Å². The van der Waals surface area contributed by atoms with Crippen molar-refractivity contribution in [1.82, 2.24) is 0 Å². The summed E-state index contributed by atoms with van der Waals surface area (Å²) in [5.41, 5.74) is 6.98. The van der Waals surface area contributed by atoms with Crippen LogP contribution < -0.4 is 11.1 Å². The van der Waals surface area contributed by atoms with Gasteiger partial charge in [0.15, 0.2) is 5.78 Å². The number of esters is 1. The summed E-state index contributed by atoms with van der Waals surface area (Å²) in [4.78, 5) is 34.9. The van der Waals surface area contributed by atoms with E-state index in [0.717, 1.165) is 0 Å². The van der Waals surface area contributed by atoms with Crippen molar-refractivity contribution in [2.75, 3.05) is 12.4 Å². The van der Waals surface area contributed by atoms with E-state index in [0.29, 0.717) is 23.4 Å². The van der Waals surface area contributed by atoms with E-state index in [-0.39, 0.29) is 11.7 Å². The van der Waals surface area contributed by atoms with Crippen LogP contribution in [0.1, 0.15) is 23.7 Å². The summed E-state index contributed by atoms with van der Waals surface area (Å²) >= 11 is 0. The molecule has 0 saturated heterocycles. The summed E-state index contributed by atoms with van der Waals surface area (Å²) < 4.78 is 4.67. The van der Waals surface area contributed by atoms with Gasteiger partial charge in [0.05, 0.1) is 7.11 Å². The van der Waals surface area contributed by atoms with Crippen molar-refractivity contribution in [3.05, 3.63) is 41.6 Å². The molecule has 116 valence electrons. The van der Waals surface area contributed by atoms with Crippen LogP contribution in [0.4, 0.5) is 5.69 Å². The molecule has 22 heavy (non-hydrogen) atoms. The normalized spacial score (nSPS) is 21.0. The molecule has 1 aliphatic rings. The van der Waals surface area contributed by atoms with Crippen molar-refractivity contribution < 1.29 is 19.1 Å². The zero-order valence-corrected chi connectivity index (χ0v) is 12.5. The van der Waals surface area contributed by atoms with Gasteiger partial charge in [0.1, 0.15) is 5.92 Å². The maximum Gasteiger partial charge on any atom is 0.316 e. The van der Waals surface area contributed by atoms with Gasteiger partial charge in [0.2, 0.25) is 5.91 Å². The van der Waals surface area contributed by atoms with Crippen molar-refractivity contribution >= 4 is 23.3 Å². The summed E-state index contributed by atoms with van der Waals surface area (Å²) in [7, 11) is 1.27. The second kappa shape index (κ2) is 6.43. The van der Waals surface area contributed by atoms with E-state index >= 15 is 0 Å². The van der Waals surface area contributed by atoms with E-state index in [9.17, 15) is 14.4 Å². The quantitative estimate of drug-likeness (QED) is 0.648. The summed E-state index contributed by atoms with van der Waals surface area (Å²) in [6.45, 7) is 1.83. The molecular weight excluding hydrogens is 284 g/mol. The van der Waals surface area contributed by atoms with Crippen molar-refractivity contribution in [3.63, 3.8) is 0 Å². The minimum Gasteiger partial charge on any atom is -0.468 e. The molecule has 1 aromatic rings. The third-order valence-corrected chi connectivity index (χ3v) is 3.64. The van der Waals surface area contributed by atoms with Crippen LogP contribution in [0, 0.1) is 11.8 Å². The van der Waals surface area contributed by atoms with Crippen molar-refractivity contribution in [1.29, 1.82) is 0 Å². The van der Waals surface area contributed by atoms with E-state index in [4.69, 9.17) is 5.73 Å². The standard InChI is InChI=1S/C16H18N2O4/c1-9-6-12(8-13(19)14(9)16(21)22-2)18-11-5-3-4-10(7-11)15(17)20/h3-5,7-9,14,18H,6H2,1-2H3,(H2,17,20)/t9-,14+/m1/s1.